The van der Waals surface area contributed by atoms with E-state index in [9.17, 15) is 18.3 Å². The Morgan fingerprint density at radius 1 is 1.29 bits per heavy atom. The van der Waals surface area contributed by atoms with E-state index < -0.39 is 17.8 Å². The molecule has 7 nitrogen and oxygen atoms in total. The Balaban J connectivity index is 2.02. The summed E-state index contributed by atoms with van der Waals surface area (Å²) in [5.41, 5.74) is 1.34. The van der Waals surface area contributed by atoms with Crippen LogP contribution in [0.1, 0.15) is 54.1 Å². The predicted octanol–water partition coefficient (Wildman–Crippen LogP) is 3.34. The number of H-pyrrole nitrogens is 1. The topological polar surface area (TPSA) is 88.9 Å². The largest absolute Gasteiger partial charge is 0.462 e. The molecule has 28 heavy (non-hydrogen) atoms. The molecule has 10 heteroatoms. The van der Waals surface area contributed by atoms with Crippen LogP contribution in [-0.4, -0.2) is 30.1 Å². The number of aromatic amines is 1. The molecule has 0 aliphatic rings. The Labute approximate surface area is 159 Å². The van der Waals surface area contributed by atoms with Crippen molar-refractivity contribution in [3.63, 3.8) is 0 Å². The van der Waals surface area contributed by atoms with E-state index in [-0.39, 0.29) is 24.1 Å². The summed E-state index contributed by atoms with van der Waals surface area (Å²) in [5, 5.41) is 20.5. The molecule has 1 atom stereocenters. The summed E-state index contributed by atoms with van der Waals surface area (Å²) < 4.78 is 46.1. The van der Waals surface area contributed by atoms with E-state index in [1.54, 1.807) is 19.3 Å². The molecule has 3 aromatic heterocycles. The van der Waals surface area contributed by atoms with Crippen LogP contribution in [-0.2, 0) is 19.8 Å². The second kappa shape index (κ2) is 7.63. The highest BCUT2D eigenvalue weighted by atomic mass is 19.4. The minimum absolute atomic E-state index is 0.0542. The predicted molar refractivity (Wildman–Crippen MR) is 93.5 cm³/mol. The Bertz CT molecular complexity index is 932. The van der Waals surface area contributed by atoms with Crippen LogP contribution in [0.2, 0.25) is 0 Å². The van der Waals surface area contributed by atoms with E-state index in [2.05, 4.69) is 20.3 Å². The molecule has 0 aliphatic carbocycles. The van der Waals surface area contributed by atoms with Gasteiger partial charge in [-0.3, -0.25) is 14.8 Å². The van der Waals surface area contributed by atoms with Crippen molar-refractivity contribution in [2.24, 2.45) is 7.05 Å². The van der Waals surface area contributed by atoms with Gasteiger partial charge in [-0.15, -0.1) is 5.10 Å². The number of aromatic nitrogens is 5. The Morgan fingerprint density at radius 2 is 2.04 bits per heavy atom. The van der Waals surface area contributed by atoms with Gasteiger partial charge in [-0.25, -0.2) is 0 Å². The lowest BCUT2D eigenvalue weighted by molar-refractivity contribution is -0.137. The summed E-state index contributed by atoms with van der Waals surface area (Å²) in [6, 6.07) is 3.80. The Kier molecular flexibility index (Phi) is 5.41. The fraction of sp³-hybridized carbons (Fsp3) is 0.389. The second-order valence-electron chi connectivity index (χ2n) is 6.60. The van der Waals surface area contributed by atoms with Crippen molar-refractivity contribution >= 4 is 0 Å². The van der Waals surface area contributed by atoms with Crippen LogP contribution in [0, 0.1) is 0 Å². The molecule has 0 fully saturated rings. The average Bonchev–Trinajstić information content (AvgIpc) is 3.25. The van der Waals surface area contributed by atoms with Crippen LogP contribution in [0.5, 0.6) is 5.88 Å². The molecule has 0 radical (unpaired) electrons. The summed E-state index contributed by atoms with van der Waals surface area (Å²) in [7, 11) is 1.65. The van der Waals surface area contributed by atoms with Gasteiger partial charge < -0.3 is 9.84 Å². The first-order valence-corrected chi connectivity index (χ1v) is 8.57. The van der Waals surface area contributed by atoms with Crippen molar-refractivity contribution in [1.82, 2.24) is 25.0 Å². The maximum Gasteiger partial charge on any atom is 0.417 e. The summed E-state index contributed by atoms with van der Waals surface area (Å²) in [5.74, 6) is 0.271. The van der Waals surface area contributed by atoms with Gasteiger partial charge in [0, 0.05) is 31.1 Å². The van der Waals surface area contributed by atoms with Crippen molar-refractivity contribution in [2.75, 3.05) is 0 Å². The smallest absolute Gasteiger partial charge is 0.417 e. The lowest BCUT2D eigenvalue weighted by atomic mass is 10.00. The number of pyridine rings is 1. The first kappa shape index (κ1) is 19.9. The fourth-order valence-corrected chi connectivity index (χ4v) is 2.80. The Hall–Kier alpha value is -2.88. The third-order valence-electron chi connectivity index (χ3n) is 4.27. The van der Waals surface area contributed by atoms with Crippen LogP contribution in [0.4, 0.5) is 13.2 Å². The lowest BCUT2D eigenvalue weighted by Gasteiger charge is -2.19. The number of nitrogens with zero attached hydrogens (tertiary/aromatic N) is 4. The monoisotopic (exact) mass is 395 g/mol. The van der Waals surface area contributed by atoms with Gasteiger partial charge in [0.15, 0.2) is 6.10 Å². The molecule has 0 saturated heterocycles. The molecule has 0 amide bonds. The normalized spacial score (nSPS) is 13.1. The maximum atomic E-state index is 12.9. The average molecular weight is 395 g/mol. The molecule has 0 bridgehead atoms. The van der Waals surface area contributed by atoms with Gasteiger partial charge in [0.1, 0.15) is 0 Å². The lowest BCUT2D eigenvalue weighted by Crippen LogP contribution is -2.15. The summed E-state index contributed by atoms with van der Waals surface area (Å²) in [4.78, 5) is 3.98. The minimum atomic E-state index is -4.47. The van der Waals surface area contributed by atoms with Gasteiger partial charge >= 0.3 is 6.18 Å². The summed E-state index contributed by atoms with van der Waals surface area (Å²) in [6.45, 7) is 3.67. The number of hydrogen-bond acceptors (Lipinski definition) is 5. The third-order valence-corrected chi connectivity index (χ3v) is 4.27. The quantitative estimate of drug-likeness (QED) is 0.668. The molecule has 150 valence electrons. The van der Waals surface area contributed by atoms with Crippen molar-refractivity contribution < 1.29 is 23.0 Å². The highest BCUT2D eigenvalue weighted by Crippen LogP contribution is 2.33. The van der Waals surface area contributed by atoms with Crippen molar-refractivity contribution in [3.8, 4) is 5.88 Å². The third kappa shape index (κ3) is 4.01. The summed E-state index contributed by atoms with van der Waals surface area (Å²) in [6.07, 6.45) is -2.88. The highest BCUT2D eigenvalue weighted by molar-refractivity contribution is 5.32. The number of aliphatic hydroxyl groups excluding tert-OH is 1. The molecule has 3 aromatic rings. The van der Waals surface area contributed by atoms with Crippen LogP contribution in [0.3, 0.4) is 0 Å². The molecule has 3 rings (SSSR count). The second-order valence-corrected chi connectivity index (χ2v) is 6.60. The molecule has 3 heterocycles. The number of rotatable bonds is 6. The number of halogens is 3. The van der Waals surface area contributed by atoms with Crippen molar-refractivity contribution in [3.05, 3.63) is 58.8 Å². The highest BCUT2D eigenvalue weighted by Gasteiger charge is 2.32. The zero-order valence-corrected chi connectivity index (χ0v) is 15.5. The molecule has 0 aliphatic heterocycles. The summed E-state index contributed by atoms with van der Waals surface area (Å²) >= 11 is 0. The van der Waals surface area contributed by atoms with E-state index in [1.807, 2.05) is 13.8 Å². The maximum absolute atomic E-state index is 12.9. The van der Waals surface area contributed by atoms with E-state index in [4.69, 9.17) is 4.74 Å². The van der Waals surface area contributed by atoms with Crippen molar-refractivity contribution in [2.45, 2.75) is 38.7 Å². The van der Waals surface area contributed by atoms with Gasteiger partial charge in [0.05, 0.1) is 29.3 Å². The van der Waals surface area contributed by atoms with Gasteiger partial charge in [-0.2, -0.15) is 18.3 Å². The number of ether oxygens (including phenoxy) is 1. The van der Waals surface area contributed by atoms with Crippen LogP contribution >= 0.6 is 0 Å². The fourth-order valence-electron chi connectivity index (χ4n) is 2.80. The molecule has 0 spiro atoms. The zero-order chi connectivity index (χ0) is 20.5. The van der Waals surface area contributed by atoms with Crippen LogP contribution in [0.15, 0.2) is 30.6 Å². The van der Waals surface area contributed by atoms with Crippen molar-refractivity contribution in [1.29, 1.82) is 0 Å². The molecular formula is C18H20F3N5O2. The van der Waals surface area contributed by atoms with Gasteiger partial charge in [0.2, 0.25) is 5.88 Å². The molecule has 0 aromatic carbocycles. The molecule has 0 saturated carbocycles. The van der Waals surface area contributed by atoms with Crippen LogP contribution in [0.25, 0.3) is 0 Å². The standard InChI is InChI=1S/C18H20F3N5O2/c1-10(2)16-13(8-23-24-16)17(28-15-6-12(9-27)26(3)25-15)14-5-4-11(7-22-14)18(19,20)21/h4-8,10,17,27H,9H2,1-3H3,(H,23,24). The zero-order valence-electron chi connectivity index (χ0n) is 15.5. The number of alkyl halides is 3. The number of aliphatic hydroxyl groups is 1. The molecule has 2 N–H and O–H groups in total. The SMILES string of the molecule is CC(C)c1n[nH]cc1C(Oc1cc(CO)n(C)n1)c1ccc(C(F)(F)F)cn1. The van der Waals surface area contributed by atoms with Gasteiger partial charge in [-0.1, -0.05) is 13.8 Å². The van der Waals surface area contributed by atoms with Crippen LogP contribution < -0.4 is 4.74 Å². The van der Waals surface area contributed by atoms with E-state index >= 15 is 0 Å². The molecule has 1 unspecified atom stereocenters. The van der Waals surface area contributed by atoms with Gasteiger partial charge in [-0.05, 0) is 18.1 Å². The molecular weight excluding hydrogens is 375 g/mol. The number of nitrogens with one attached hydrogen (secondary N) is 1. The number of aryl methyl sites for hydroxylation is 1. The number of hydrogen-bond donors (Lipinski definition) is 2. The van der Waals surface area contributed by atoms with E-state index in [0.717, 1.165) is 12.3 Å². The Morgan fingerprint density at radius 3 is 2.57 bits per heavy atom. The minimum Gasteiger partial charge on any atom is -0.462 e. The first-order chi connectivity index (χ1) is 13.2. The first-order valence-electron chi connectivity index (χ1n) is 8.57. The van der Waals surface area contributed by atoms with E-state index in [0.29, 0.717) is 17.0 Å². The van der Waals surface area contributed by atoms with E-state index in [1.165, 1.54) is 10.7 Å². The van der Waals surface area contributed by atoms with Gasteiger partial charge in [0.25, 0.3) is 0 Å².